The number of H-pyrrole nitrogens is 1. The minimum Gasteiger partial charge on any atom is -0.496 e. The summed E-state index contributed by atoms with van der Waals surface area (Å²) in [5.74, 6) is 2.18. The molecule has 1 heterocycles. The average Bonchev–Trinajstić information content (AvgIpc) is 2.89. The smallest absolute Gasteiger partial charge is 0.208 e. The van der Waals surface area contributed by atoms with E-state index in [0.717, 1.165) is 17.1 Å². The quantitative estimate of drug-likeness (QED) is 0.253. The van der Waals surface area contributed by atoms with Crippen molar-refractivity contribution in [3.63, 3.8) is 0 Å². The van der Waals surface area contributed by atoms with Gasteiger partial charge in [-0.05, 0) is 25.1 Å². The van der Waals surface area contributed by atoms with Crippen LogP contribution in [0.15, 0.2) is 28.5 Å². The Kier molecular flexibility index (Phi) is 4.46. The summed E-state index contributed by atoms with van der Waals surface area (Å²) in [6, 6.07) is 5.34. The number of methoxy groups -OCH3 is 1. The van der Waals surface area contributed by atoms with Crippen LogP contribution in [0.4, 0.5) is 0 Å². The molecule has 0 spiro atoms. The normalized spacial score (nSPS) is 11.6. The summed E-state index contributed by atoms with van der Waals surface area (Å²) < 4.78 is 5.30. The lowest BCUT2D eigenvalue weighted by molar-refractivity contribution is 0.318. The molecular formula is C12H15N5O2S. The Morgan fingerprint density at radius 2 is 2.35 bits per heavy atom. The number of hydrogen-bond donors (Lipinski definition) is 3. The zero-order valence-corrected chi connectivity index (χ0v) is 11.9. The molecule has 0 aliphatic heterocycles. The number of amidine groups is 1. The summed E-state index contributed by atoms with van der Waals surface area (Å²) in [5, 5.41) is 19.2. The fourth-order valence-electron chi connectivity index (χ4n) is 1.64. The van der Waals surface area contributed by atoms with E-state index in [0.29, 0.717) is 16.5 Å². The third-order valence-electron chi connectivity index (χ3n) is 2.62. The maximum Gasteiger partial charge on any atom is 0.208 e. The molecule has 1 aromatic heterocycles. The van der Waals surface area contributed by atoms with Gasteiger partial charge < -0.3 is 15.7 Å². The van der Waals surface area contributed by atoms with E-state index in [1.54, 1.807) is 19.2 Å². The van der Waals surface area contributed by atoms with Crippen molar-refractivity contribution in [1.82, 2.24) is 15.2 Å². The topological polar surface area (TPSA) is 109 Å². The summed E-state index contributed by atoms with van der Waals surface area (Å²) >= 11 is 1.48. The largest absolute Gasteiger partial charge is 0.496 e. The Morgan fingerprint density at radius 1 is 1.55 bits per heavy atom. The van der Waals surface area contributed by atoms with Crippen LogP contribution in [0.25, 0.3) is 0 Å². The second kappa shape index (κ2) is 6.29. The van der Waals surface area contributed by atoms with Crippen molar-refractivity contribution in [2.24, 2.45) is 10.9 Å². The highest BCUT2D eigenvalue weighted by molar-refractivity contribution is 7.98. The van der Waals surface area contributed by atoms with Gasteiger partial charge in [-0.2, -0.15) is 0 Å². The molecule has 1 aromatic carbocycles. The Labute approximate surface area is 120 Å². The molecule has 0 bridgehead atoms. The molecule has 2 rings (SSSR count). The average molecular weight is 293 g/mol. The summed E-state index contributed by atoms with van der Waals surface area (Å²) in [4.78, 5) is 4.22. The number of rotatable bonds is 5. The Hall–Kier alpha value is -2.22. The number of ether oxygens (including phenoxy) is 1. The van der Waals surface area contributed by atoms with Crippen LogP contribution in [0.1, 0.15) is 17.0 Å². The molecule has 0 radical (unpaired) electrons. The summed E-state index contributed by atoms with van der Waals surface area (Å²) in [6.45, 7) is 1.84. The van der Waals surface area contributed by atoms with Crippen LogP contribution in [0, 0.1) is 6.92 Å². The minimum atomic E-state index is 0.0626. The Balaban J connectivity index is 2.20. The third kappa shape index (κ3) is 3.21. The number of benzene rings is 1. The van der Waals surface area contributed by atoms with Gasteiger partial charge in [-0.15, -0.1) is 5.10 Å². The van der Waals surface area contributed by atoms with Gasteiger partial charge in [-0.1, -0.05) is 16.9 Å². The van der Waals surface area contributed by atoms with Crippen LogP contribution in [-0.2, 0) is 5.75 Å². The van der Waals surface area contributed by atoms with E-state index in [4.69, 9.17) is 15.7 Å². The maximum absolute atomic E-state index is 8.72. The van der Waals surface area contributed by atoms with E-state index in [9.17, 15) is 0 Å². The van der Waals surface area contributed by atoms with Gasteiger partial charge in [0.05, 0.1) is 7.11 Å². The number of hydrogen-bond acceptors (Lipinski definition) is 6. The lowest BCUT2D eigenvalue weighted by atomic mass is 10.1. The van der Waals surface area contributed by atoms with Gasteiger partial charge in [0, 0.05) is 16.9 Å². The highest BCUT2D eigenvalue weighted by Gasteiger charge is 2.09. The molecule has 0 unspecified atom stereocenters. The van der Waals surface area contributed by atoms with Gasteiger partial charge in [-0.25, -0.2) is 4.98 Å². The number of nitrogens with two attached hydrogens (primary N) is 1. The highest BCUT2D eigenvalue weighted by Crippen LogP contribution is 2.27. The molecule has 106 valence electrons. The molecule has 0 aliphatic carbocycles. The molecule has 0 amide bonds. The number of nitrogens with zero attached hydrogens (tertiary/aromatic N) is 3. The third-order valence-corrected chi connectivity index (χ3v) is 3.51. The molecule has 7 nitrogen and oxygen atoms in total. The number of oxime groups is 1. The van der Waals surface area contributed by atoms with Gasteiger partial charge in [0.15, 0.2) is 5.84 Å². The van der Waals surface area contributed by atoms with Gasteiger partial charge in [-0.3, -0.25) is 5.10 Å². The Bertz CT molecular complexity index is 626. The summed E-state index contributed by atoms with van der Waals surface area (Å²) in [5.41, 5.74) is 7.14. The van der Waals surface area contributed by atoms with Crippen LogP contribution in [0.5, 0.6) is 5.75 Å². The Morgan fingerprint density at radius 3 is 2.95 bits per heavy atom. The van der Waals surface area contributed by atoms with E-state index < -0.39 is 0 Å². The molecule has 0 saturated heterocycles. The second-order valence-electron chi connectivity index (χ2n) is 4.00. The van der Waals surface area contributed by atoms with Crippen LogP contribution >= 0.6 is 11.8 Å². The first-order valence-electron chi connectivity index (χ1n) is 5.80. The van der Waals surface area contributed by atoms with Crippen molar-refractivity contribution in [2.75, 3.05) is 7.11 Å². The number of aryl methyl sites for hydroxylation is 1. The molecule has 8 heteroatoms. The van der Waals surface area contributed by atoms with Crippen molar-refractivity contribution >= 4 is 17.6 Å². The number of aromatic amines is 1. The van der Waals surface area contributed by atoms with Crippen molar-refractivity contribution in [3.05, 3.63) is 35.2 Å². The molecule has 0 saturated carbocycles. The fourth-order valence-corrected chi connectivity index (χ4v) is 2.46. The standard InChI is InChI=1S/C12H15N5O2S/c1-7-14-12(16-15-7)20-6-9-5-8(11(13)17-18)3-4-10(9)19-2/h3-5,18H,6H2,1-2H3,(H2,13,17)(H,14,15,16). The zero-order valence-electron chi connectivity index (χ0n) is 11.1. The van der Waals surface area contributed by atoms with E-state index in [2.05, 4.69) is 20.3 Å². The van der Waals surface area contributed by atoms with Crippen LogP contribution in [0.2, 0.25) is 0 Å². The molecule has 2 aromatic rings. The molecule has 20 heavy (non-hydrogen) atoms. The molecule has 0 atom stereocenters. The van der Waals surface area contributed by atoms with Crippen molar-refractivity contribution < 1.29 is 9.94 Å². The van der Waals surface area contributed by atoms with Crippen molar-refractivity contribution in [2.45, 2.75) is 17.8 Å². The number of aromatic nitrogens is 3. The van der Waals surface area contributed by atoms with Gasteiger partial charge in [0.25, 0.3) is 0 Å². The molecule has 4 N–H and O–H groups in total. The predicted molar refractivity (Wildman–Crippen MR) is 76.2 cm³/mol. The van der Waals surface area contributed by atoms with E-state index in [1.807, 2.05) is 13.0 Å². The number of thioether (sulfide) groups is 1. The van der Waals surface area contributed by atoms with Gasteiger partial charge in [0.1, 0.15) is 11.6 Å². The second-order valence-corrected chi connectivity index (χ2v) is 4.95. The summed E-state index contributed by atoms with van der Waals surface area (Å²) in [7, 11) is 1.60. The maximum atomic E-state index is 8.72. The first-order chi connectivity index (χ1) is 9.63. The predicted octanol–water partition coefficient (Wildman–Crippen LogP) is 1.51. The molecule has 0 aliphatic rings. The van der Waals surface area contributed by atoms with E-state index >= 15 is 0 Å². The van der Waals surface area contributed by atoms with Crippen LogP contribution < -0.4 is 10.5 Å². The van der Waals surface area contributed by atoms with E-state index in [-0.39, 0.29) is 5.84 Å². The summed E-state index contributed by atoms with van der Waals surface area (Å²) in [6.07, 6.45) is 0. The van der Waals surface area contributed by atoms with Crippen molar-refractivity contribution in [3.8, 4) is 5.75 Å². The van der Waals surface area contributed by atoms with E-state index in [1.165, 1.54) is 11.8 Å². The van der Waals surface area contributed by atoms with Crippen LogP contribution in [-0.4, -0.2) is 33.3 Å². The first-order valence-corrected chi connectivity index (χ1v) is 6.79. The highest BCUT2D eigenvalue weighted by atomic mass is 32.2. The monoisotopic (exact) mass is 293 g/mol. The molecular weight excluding hydrogens is 278 g/mol. The minimum absolute atomic E-state index is 0.0626. The van der Waals surface area contributed by atoms with Gasteiger partial charge in [0.2, 0.25) is 5.16 Å². The first kappa shape index (κ1) is 14.2. The lowest BCUT2D eigenvalue weighted by Gasteiger charge is -2.09. The van der Waals surface area contributed by atoms with Crippen LogP contribution in [0.3, 0.4) is 0 Å². The van der Waals surface area contributed by atoms with Crippen molar-refractivity contribution in [1.29, 1.82) is 0 Å². The number of nitrogens with one attached hydrogen (secondary N) is 1. The zero-order chi connectivity index (χ0) is 14.5. The SMILES string of the molecule is COc1ccc(/C(N)=N/O)cc1CSc1n[nH]c(C)n1. The molecule has 0 fully saturated rings. The van der Waals surface area contributed by atoms with Gasteiger partial charge >= 0.3 is 0 Å². The fraction of sp³-hybridized carbons (Fsp3) is 0.250. The lowest BCUT2D eigenvalue weighted by Crippen LogP contribution is -2.13.